The van der Waals surface area contributed by atoms with Crippen LogP contribution in [0.3, 0.4) is 0 Å². The number of nitrogens with zero attached hydrogens (tertiary/aromatic N) is 2. The minimum atomic E-state index is -0.497. The molecule has 0 radical (unpaired) electrons. The maximum absolute atomic E-state index is 14.7. The number of β-amino-alcohol motifs (C(OH)–C–C–N with tert-alkyl or cyclic N) is 1. The van der Waals surface area contributed by atoms with Gasteiger partial charge < -0.3 is 10.0 Å². The van der Waals surface area contributed by atoms with Crippen molar-refractivity contribution < 1.29 is 9.50 Å². The molecular formula is C21H28FN3O. The first-order valence-electron chi connectivity index (χ1n) is 9.86. The van der Waals surface area contributed by atoms with E-state index in [-0.39, 0.29) is 11.7 Å². The van der Waals surface area contributed by atoms with E-state index in [1.807, 2.05) is 12.1 Å². The summed E-state index contributed by atoms with van der Waals surface area (Å²) in [5.41, 5.74) is 2.10. The normalized spacial score (nSPS) is 21.8. The van der Waals surface area contributed by atoms with E-state index in [4.69, 9.17) is 0 Å². The van der Waals surface area contributed by atoms with E-state index in [1.54, 1.807) is 18.5 Å². The number of aliphatic hydroxyl groups is 1. The lowest BCUT2D eigenvalue weighted by Crippen LogP contribution is -2.46. The van der Waals surface area contributed by atoms with Crippen molar-refractivity contribution in [2.24, 2.45) is 0 Å². The van der Waals surface area contributed by atoms with Crippen molar-refractivity contribution in [2.75, 3.05) is 19.6 Å². The summed E-state index contributed by atoms with van der Waals surface area (Å²) in [7, 11) is 0. The number of hydrogen-bond acceptors (Lipinski definition) is 3. The van der Waals surface area contributed by atoms with Crippen molar-refractivity contribution in [3.63, 3.8) is 0 Å². The third-order valence-electron chi connectivity index (χ3n) is 6.16. The van der Waals surface area contributed by atoms with Gasteiger partial charge in [-0.1, -0.05) is 31.4 Å². The number of rotatable bonds is 4. The molecule has 0 bridgehead atoms. The molecule has 1 saturated carbocycles. The highest BCUT2D eigenvalue weighted by molar-refractivity contribution is 5.62. The van der Waals surface area contributed by atoms with Crippen LogP contribution in [0, 0.1) is 5.82 Å². The van der Waals surface area contributed by atoms with Crippen molar-refractivity contribution in [1.29, 1.82) is 0 Å². The highest BCUT2D eigenvalue weighted by Gasteiger charge is 2.33. The van der Waals surface area contributed by atoms with Crippen molar-refractivity contribution in [1.82, 2.24) is 15.1 Å². The molecule has 26 heavy (non-hydrogen) atoms. The van der Waals surface area contributed by atoms with E-state index >= 15 is 0 Å². The highest BCUT2D eigenvalue weighted by Crippen LogP contribution is 2.34. The van der Waals surface area contributed by atoms with Crippen LogP contribution in [0.5, 0.6) is 0 Å². The van der Waals surface area contributed by atoms with Gasteiger partial charge in [0.05, 0.1) is 11.8 Å². The Morgan fingerprint density at radius 2 is 1.92 bits per heavy atom. The minimum absolute atomic E-state index is 0.118. The largest absolute Gasteiger partial charge is 0.389 e. The number of benzene rings is 1. The molecule has 2 heterocycles. The van der Waals surface area contributed by atoms with Gasteiger partial charge in [0.15, 0.2) is 0 Å². The zero-order valence-electron chi connectivity index (χ0n) is 15.3. The van der Waals surface area contributed by atoms with Gasteiger partial charge in [-0.3, -0.25) is 5.10 Å². The Morgan fingerprint density at radius 1 is 1.15 bits per heavy atom. The van der Waals surface area contributed by atoms with Gasteiger partial charge >= 0.3 is 0 Å². The van der Waals surface area contributed by atoms with Gasteiger partial charge in [-0.25, -0.2) is 4.39 Å². The summed E-state index contributed by atoms with van der Waals surface area (Å²) in [5.74, 6) is 0.152. The molecule has 1 aromatic carbocycles. The lowest BCUT2D eigenvalue weighted by Gasteiger charge is -2.40. The van der Waals surface area contributed by atoms with Crippen molar-refractivity contribution >= 4 is 0 Å². The average Bonchev–Trinajstić information content (AvgIpc) is 3.17. The summed E-state index contributed by atoms with van der Waals surface area (Å²) in [6.07, 6.45) is 10.8. The summed E-state index contributed by atoms with van der Waals surface area (Å²) >= 11 is 0. The number of aromatic amines is 1. The maximum Gasteiger partial charge on any atom is 0.127 e. The van der Waals surface area contributed by atoms with E-state index in [9.17, 15) is 9.50 Å². The Hall–Kier alpha value is -1.72. The highest BCUT2D eigenvalue weighted by atomic mass is 19.1. The summed E-state index contributed by atoms with van der Waals surface area (Å²) in [6, 6.07) is 5.55. The molecule has 0 unspecified atom stereocenters. The van der Waals surface area contributed by atoms with Gasteiger partial charge in [0, 0.05) is 18.3 Å². The maximum atomic E-state index is 14.7. The zero-order valence-corrected chi connectivity index (χ0v) is 15.3. The van der Waals surface area contributed by atoms with Gasteiger partial charge in [-0.15, -0.1) is 0 Å². The molecule has 140 valence electrons. The van der Waals surface area contributed by atoms with Gasteiger partial charge in [-0.2, -0.15) is 5.10 Å². The van der Waals surface area contributed by atoms with Crippen molar-refractivity contribution in [3.8, 4) is 11.1 Å². The van der Waals surface area contributed by atoms with Gasteiger partial charge in [-0.05, 0) is 61.9 Å². The van der Waals surface area contributed by atoms with Crippen molar-refractivity contribution in [3.05, 3.63) is 42.0 Å². The van der Waals surface area contributed by atoms with Gasteiger partial charge in [0.2, 0.25) is 0 Å². The molecule has 5 heteroatoms. The SMILES string of the molecule is OC1(CN2CCC(c3ccc(-c4cn[nH]c4)cc3F)CC2)CCCCC1. The minimum Gasteiger partial charge on any atom is -0.389 e. The molecule has 1 saturated heterocycles. The third-order valence-corrected chi connectivity index (χ3v) is 6.16. The smallest absolute Gasteiger partial charge is 0.127 e. The van der Waals surface area contributed by atoms with Crippen LogP contribution in [0.15, 0.2) is 30.6 Å². The Balaban J connectivity index is 1.37. The van der Waals surface area contributed by atoms with Crippen LogP contribution in [0.4, 0.5) is 4.39 Å². The number of nitrogens with one attached hydrogen (secondary N) is 1. The Kier molecular flexibility index (Phi) is 5.09. The van der Waals surface area contributed by atoms with Gasteiger partial charge in [0.25, 0.3) is 0 Å². The summed E-state index contributed by atoms with van der Waals surface area (Å²) < 4.78 is 14.7. The molecule has 0 amide bonds. The molecule has 2 aromatic rings. The van der Waals surface area contributed by atoms with Crippen LogP contribution >= 0.6 is 0 Å². The molecule has 2 aliphatic rings. The lowest BCUT2D eigenvalue weighted by molar-refractivity contribution is -0.0308. The Morgan fingerprint density at radius 3 is 2.58 bits per heavy atom. The summed E-state index contributed by atoms with van der Waals surface area (Å²) in [6.45, 7) is 2.66. The van der Waals surface area contributed by atoms with E-state index in [0.29, 0.717) is 0 Å². The lowest BCUT2D eigenvalue weighted by atomic mass is 9.83. The molecule has 1 aliphatic heterocycles. The first kappa shape index (κ1) is 17.7. The Bertz CT molecular complexity index is 717. The predicted octanol–water partition coefficient (Wildman–Crippen LogP) is 4.09. The van der Waals surface area contributed by atoms with Crippen LogP contribution in [0.1, 0.15) is 56.4 Å². The number of likely N-dealkylation sites (tertiary alicyclic amines) is 1. The number of aromatic nitrogens is 2. The second kappa shape index (κ2) is 7.49. The topological polar surface area (TPSA) is 52.1 Å². The third kappa shape index (κ3) is 3.84. The number of hydrogen-bond donors (Lipinski definition) is 2. The fourth-order valence-electron chi connectivity index (χ4n) is 4.63. The fraction of sp³-hybridized carbons (Fsp3) is 0.571. The monoisotopic (exact) mass is 357 g/mol. The molecule has 1 aliphatic carbocycles. The molecular weight excluding hydrogens is 329 g/mol. The average molecular weight is 357 g/mol. The molecule has 0 spiro atoms. The standard InChI is InChI=1S/C21H28FN3O/c22-20-12-17(18-13-23-24-14-18)4-5-19(20)16-6-10-25(11-7-16)15-21(26)8-2-1-3-9-21/h4-5,12-14,16,26H,1-3,6-11,15H2,(H,23,24). The van der Waals surface area contributed by atoms with E-state index in [1.165, 1.54) is 6.42 Å². The first-order valence-corrected chi connectivity index (χ1v) is 9.86. The quantitative estimate of drug-likeness (QED) is 0.866. The summed E-state index contributed by atoms with van der Waals surface area (Å²) in [5, 5.41) is 17.5. The van der Waals surface area contributed by atoms with E-state index < -0.39 is 5.60 Å². The van der Waals surface area contributed by atoms with Crippen molar-refractivity contribution in [2.45, 2.75) is 56.5 Å². The number of halogens is 1. The van der Waals surface area contributed by atoms with E-state index in [0.717, 1.165) is 74.8 Å². The molecule has 4 nitrogen and oxygen atoms in total. The zero-order chi connectivity index (χ0) is 18.0. The number of H-pyrrole nitrogens is 1. The molecule has 2 N–H and O–H groups in total. The van der Waals surface area contributed by atoms with Crippen LogP contribution < -0.4 is 0 Å². The second-order valence-electron chi connectivity index (χ2n) is 8.06. The van der Waals surface area contributed by atoms with Crippen LogP contribution in [-0.2, 0) is 0 Å². The van der Waals surface area contributed by atoms with Gasteiger partial charge in [0.1, 0.15) is 5.82 Å². The van der Waals surface area contributed by atoms with E-state index in [2.05, 4.69) is 15.1 Å². The number of piperidine rings is 1. The Labute approximate surface area is 154 Å². The molecule has 1 aromatic heterocycles. The summed E-state index contributed by atoms with van der Waals surface area (Å²) in [4.78, 5) is 2.37. The fourth-order valence-corrected chi connectivity index (χ4v) is 4.63. The molecule has 0 atom stereocenters. The van der Waals surface area contributed by atoms with Crippen LogP contribution in [0.25, 0.3) is 11.1 Å². The van der Waals surface area contributed by atoms with Crippen LogP contribution in [-0.4, -0.2) is 45.4 Å². The first-order chi connectivity index (χ1) is 12.6. The van der Waals surface area contributed by atoms with Crippen LogP contribution in [0.2, 0.25) is 0 Å². The molecule has 4 rings (SSSR count). The molecule has 2 fully saturated rings. The predicted molar refractivity (Wildman–Crippen MR) is 100 cm³/mol. The second-order valence-corrected chi connectivity index (χ2v) is 8.06.